The summed E-state index contributed by atoms with van der Waals surface area (Å²) in [6, 6.07) is 2.13. The third-order valence-corrected chi connectivity index (χ3v) is 3.37. The van der Waals surface area contributed by atoms with E-state index in [2.05, 4.69) is 5.32 Å². The molecule has 1 N–H and O–H groups in total. The summed E-state index contributed by atoms with van der Waals surface area (Å²) >= 11 is 0. The van der Waals surface area contributed by atoms with Gasteiger partial charge in [-0.25, -0.2) is 0 Å². The summed E-state index contributed by atoms with van der Waals surface area (Å²) < 4.78 is 5.29. The van der Waals surface area contributed by atoms with E-state index in [-0.39, 0.29) is 5.91 Å². The summed E-state index contributed by atoms with van der Waals surface area (Å²) in [7, 11) is 0. The molecule has 1 aliphatic heterocycles. The zero-order chi connectivity index (χ0) is 12.3. The Bertz CT molecular complexity index is 381. The zero-order valence-electron chi connectivity index (χ0n) is 10.5. The van der Waals surface area contributed by atoms with Crippen molar-refractivity contribution in [2.45, 2.75) is 32.7 Å². The van der Waals surface area contributed by atoms with Gasteiger partial charge >= 0.3 is 0 Å². The SMILES string of the molecule is CCN(C(=O)c1occc1C)C1CCCNC1. The summed E-state index contributed by atoms with van der Waals surface area (Å²) in [4.78, 5) is 14.3. The Balaban J connectivity index is 2.12. The Labute approximate surface area is 102 Å². The fourth-order valence-electron chi connectivity index (χ4n) is 2.39. The van der Waals surface area contributed by atoms with Gasteiger partial charge in [-0.2, -0.15) is 0 Å². The molecule has 2 heterocycles. The Morgan fingerprint density at radius 3 is 3.00 bits per heavy atom. The first-order valence-electron chi connectivity index (χ1n) is 6.29. The van der Waals surface area contributed by atoms with E-state index in [0.29, 0.717) is 11.8 Å². The predicted octanol–water partition coefficient (Wildman–Crippen LogP) is 1.80. The van der Waals surface area contributed by atoms with Gasteiger partial charge in [0.15, 0.2) is 5.76 Å². The number of furan rings is 1. The number of rotatable bonds is 3. The van der Waals surface area contributed by atoms with Crippen LogP contribution in [-0.2, 0) is 0 Å². The minimum absolute atomic E-state index is 0.0173. The van der Waals surface area contributed by atoms with Crippen LogP contribution in [0.2, 0.25) is 0 Å². The Morgan fingerprint density at radius 1 is 1.65 bits per heavy atom. The summed E-state index contributed by atoms with van der Waals surface area (Å²) in [6.45, 7) is 6.60. The van der Waals surface area contributed by atoms with Crippen LogP contribution in [0.3, 0.4) is 0 Å². The fraction of sp³-hybridized carbons (Fsp3) is 0.615. The maximum Gasteiger partial charge on any atom is 0.290 e. The molecule has 17 heavy (non-hydrogen) atoms. The lowest BCUT2D eigenvalue weighted by atomic mass is 10.1. The molecule has 0 bridgehead atoms. The Morgan fingerprint density at radius 2 is 2.47 bits per heavy atom. The van der Waals surface area contributed by atoms with E-state index in [4.69, 9.17) is 4.42 Å². The third kappa shape index (κ3) is 2.52. The molecule has 1 aromatic heterocycles. The second-order valence-corrected chi connectivity index (χ2v) is 4.52. The molecule has 0 aromatic carbocycles. The highest BCUT2D eigenvalue weighted by molar-refractivity contribution is 5.93. The normalized spacial score (nSPS) is 20.2. The quantitative estimate of drug-likeness (QED) is 0.870. The fourth-order valence-corrected chi connectivity index (χ4v) is 2.39. The number of aryl methyl sites for hydroxylation is 1. The lowest BCUT2D eigenvalue weighted by Crippen LogP contribution is -2.48. The minimum Gasteiger partial charge on any atom is -0.459 e. The number of nitrogens with zero attached hydrogens (tertiary/aromatic N) is 1. The predicted molar refractivity (Wildman–Crippen MR) is 66.0 cm³/mol. The number of likely N-dealkylation sites (N-methyl/N-ethyl adjacent to an activating group) is 1. The molecule has 4 heteroatoms. The van der Waals surface area contributed by atoms with Crippen molar-refractivity contribution < 1.29 is 9.21 Å². The first kappa shape index (κ1) is 12.2. The molecule has 1 unspecified atom stereocenters. The molecule has 0 aliphatic carbocycles. The van der Waals surface area contributed by atoms with Crippen molar-refractivity contribution in [1.82, 2.24) is 10.2 Å². The van der Waals surface area contributed by atoms with Gasteiger partial charge < -0.3 is 14.6 Å². The van der Waals surface area contributed by atoms with Gasteiger partial charge in [0.2, 0.25) is 0 Å². The van der Waals surface area contributed by atoms with Crippen LogP contribution in [0, 0.1) is 6.92 Å². The molecule has 1 atom stereocenters. The number of nitrogens with one attached hydrogen (secondary N) is 1. The van der Waals surface area contributed by atoms with Gasteiger partial charge in [0.05, 0.1) is 6.26 Å². The van der Waals surface area contributed by atoms with Crippen LogP contribution in [-0.4, -0.2) is 36.5 Å². The molecule has 2 rings (SSSR count). The van der Waals surface area contributed by atoms with Crippen molar-refractivity contribution in [3.63, 3.8) is 0 Å². The first-order chi connectivity index (χ1) is 8.24. The van der Waals surface area contributed by atoms with Crippen molar-refractivity contribution in [3.05, 3.63) is 23.7 Å². The van der Waals surface area contributed by atoms with E-state index in [0.717, 1.165) is 38.0 Å². The standard InChI is InChI=1S/C13H20N2O2/c1-3-15(11-5-4-7-14-9-11)13(16)12-10(2)6-8-17-12/h6,8,11,14H,3-5,7,9H2,1-2H3. The van der Waals surface area contributed by atoms with Crippen LogP contribution >= 0.6 is 0 Å². The molecule has 0 saturated carbocycles. The molecular formula is C13H20N2O2. The molecule has 0 spiro atoms. The molecule has 1 aromatic rings. The average Bonchev–Trinajstić information content (AvgIpc) is 2.77. The highest BCUT2D eigenvalue weighted by Gasteiger charge is 2.27. The lowest BCUT2D eigenvalue weighted by molar-refractivity contribution is 0.0628. The maximum absolute atomic E-state index is 12.4. The summed E-state index contributed by atoms with van der Waals surface area (Å²) in [5, 5.41) is 3.34. The van der Waals surface area contributed by atoms with Gasteiger partial charge in [-0.3, -0.25) is 4.79 Å². The van der Waals surface area contributed by atoms with Crippen LogP contribution < -0.4 is 5.32 Å². The van der Waals surface area contributed by atoms with Crippen LogP contribution in [0.4, 0.5) is 0 Å². The number of piperidine rings is 1. The maximum atomic E-state index is 12.4. The number of hydrogen-bond donors (Lipinski definition) is 1. The Hall–Kier alpha value is -1.29. The number of amides is 1. The molecule has 1 fully saturated rings. The smallest absolute Gasteiger partial charge is 0.290 e. The number of hydrogen-bond acceptors (Lipinski definition) is 3. The van der Waals surface area contributed by atoms with Gasteiger partial charge in [-0.05, 0) is 39.3 Å². The molecule has 1 aliphatic rings. The first-order valence-corrected chi connectivity index (χ1v) is 6.29. The van der Waals surface area contributed by atoms with Crippen LogP contribution in [0.1, 0.15) is 35.9 Å². The van der Waals surface area contributed by atoms with Crippen molar-refractivity contribution in [1.29, 1.82) is 0 Å². The van der Waals surface area contributed by atoms with Crippen molar-refractivity contribution >= 4 is 5.91 Å². The highest BCUT2D eigenvalue weighted by Crippen LogP contribution is 2.17. The van der Waals surface area contributed by atoms with Crippen molar-refractivity contribution in [2.75, 3.05) is 19.6 Å². The molecular weight excluding hydrogens is 216 g/mol. The Kier molecular flexibility index (Phi) is 3.84. The van der Waals surface area contributed by atoms with Gasteiger partial charge in [-0.15, -0.1) is 0 Å². The molecule has 94 valence electrons. The van der Waals surface area contributed by atoms with E-state index in [1.807, 2.05) is 24.8 Å². The van der Waals surface area contributed by atoms with Gasteiger partial charge in [0, 0.05) is 24.7 Å². The van der Waals surface area contributed by atoms with Crippen LogP contribution in [0.5, 0.6) is 0 Å². The van der Waals surface area contributed by atoms with Gasteiger partial charge in [0.1, 0.15) is 0 Å². The van der Waals surface area contributed by atoms with E-state index in [1.165, 1.54) is 0 Å². The van der Waals surface area contributed by atoms with Crippen LogP contribution in [0.15, 0.2) is 16.7 Å². The number of carbonyl (C=O) groups excluding carboxylic acids is 1. The van der Waals surface area contributed by atoms with E-state index >= 15 is 0 Å². The molecule has 4 nitrogen and oxygen atoms in total. The molecule has 0 radical (unpaired) electrons. The highest BCUT2D eigenvalue weighted by atomic mass is 16.3. The summed E-state index contributed by atoms with van der Waals surface area (Å²) in [5.41, 5.74) is 0.914. The average molecular weight is 236 g/mol. The minimum atomic E-state index is 0.0173. The summed E-state index contributed by atoms with van der Waals surface area (Å²) in [6.07, 6.45) is 3.79. The van der Waals surface area contributed by atoms with E-state index in [1.54, 1.807) is 6.26 Å². The lowest BCUT2D eigenvalue weighted by Gasteiger charge is -2.33. The number of carbonyl (C=O) groups is 1. The third-order valence-electron chi connectivity index (χ3n) is 3.37. The van der Waals surface area contributed by atoms with Gasteiger partial charge in [0.25, 0.3) is 5.91 Å². The van der Waals surface area contributed by atoms with Gasteiger partial charge in [-0.1, -0.05) is 0 Å². The second-order valence-electron chi connectivity index (χ2n) is 4.52. The monoisotopic (exact) mass is 236 g/mol. The van der Waals surface area contributed by atoms with E-state index < -0.39 is 0 Å². The topological polar surface area (TPSA) is 45.5 Å². The zero-order valence-corrected chi connectivity index (χ0v) is 10.5. The van der Waals surface area contributed by atoms with Crippen molar-refractivity contribution in [2.24, 2.45) is 0 Å². The van der Waals surface area contributed by atoms with E-state index in [9.17, 15) is 4.79 Å². The van der Waals surface area contributed by atoms with Crippen LogP contribution in [0.25, 0.3) is 0 Å². The molecule has 1 amide bonds. The summed E-state index contributed by atoms with van der Waals surface area (Å²) in [5.74, 6) is 0.501. The second kappa shape index (κ2) is 5.36. The molecule has 1 saturated heterocycles. The largest absolute Gasteiger partial charge is 0.459 e. The van der Waals surface area contributed by atoms with Crippen molar-refractivity contribution in [3.8, 4) is 0 Å².